The first-order valence-electron chi connectivity index (χ1n) is 7.20. The fourth-order valence-electron chi connectivity index (χ4n) is 2.61. The van der Waals surface area contributed by atoms with E-state index in [2.05, 4.69) is 0 Å². The molecule has 0 radical (unpaired) electrons. The van der Waals surface area contributed by atoms with Crippen molar-refractivity contribution in [3.8, 4) is 0 Å². The van der Waals surface area contributed by atoms with E-state index < -0.39 is 24.0 Å². The summed E-state index contributed by atoms with van der Waals surface area (Å²) in [5, 5.41) is 0. The van der Waals surface area contributed by atoms with E-state index in [1.54, 1.807) is 25.7 Å². The molecule has 1 fully saturated rings. The van der Waals surface area contributed by atoms with Crippen molar-refractivity contribution in [2.75, 3.05) is 19.6 Å². The third-order valence-electron chi connectivity index (χ3n) is 3.54. The van der Waals surface area contributed by atoms with Crippen molar-refractivity contribution in [2.24, 2.45) is 17.6 Å². The van der Waals surface area contributed by atoms with E-state index in [0.717, 1.165) is 6.42 Å². The maximum atomic E-state index is 13.1. The molecule has 2 N–H and O–H groups in total. The molecule has 0 aliphatic carbocycles. The van der Waals surface area contributed by atoms with Gasteiger partial charge in [0.1, 0.15) is 5.60 Å². The molecule has 2 unspecified atom stereocenters. The van der Waals surface area contributed by atoms with E-state index in [1.807, 2.05) is 0 Å². The molecule has 1 saturated heterocycles. The lowest BCUT2D eigenvalue weighted by Gasteiger charge is -2.37. The lowest BCUT2D eigenvalue weighted by molar-refractivity contribution is -0.00874. The summed E-state index contributed by atoms with van der Waals surface area (Å²) in [5.41, 5.74) is 4.85. The van der Waals surface area contributed by atoms with Gasteiger partial charge >= 0.3 is 6.09 Å². The Labute approximate surface area is 119 Å². The van der Waals surface area contributed by atoms with Gasteiger partial charge < -0.3 is 15.4 Å². The largest absolute Gasteiger partial charge is 0.444 e. The number of ether oxygens (including phenoxy) is 1. The molecule has 1 aliphatic heterocycles. The van der Waals surface area contributed by atoms with Gasteiger partial charge in [0.2, 0.25) is 6.43 Å². The molecule has 0 bridgehead atoms. The Kier molecular flexibility index (Phi) is 6.17. The predicted molar refractivity (Wildman–Crippen MR) is 73.7 cm³/mol. The maximum Gasteiger partial charge on any atom is 0.410 e. The average Bonchev–Trinajstić information content (AvgIpc) is 2.33. The minimum atomic E-state index is -2.39. The van der Waals surface area contributed by atoms with Gasteiger partial charge in [-0.1, -0.05) is 0 Å². The second-order valence-electron chi connectivity index (χ2n) is 6.40. The number of carbonyl (C=O) groups is 1. The van der Waals surface area contributed by atoms with Gasteiger partial charge in [0.15, 0.2) is 0 Å². The van der Waals surface area contributed by atoms with Crippen LogP contribution in [0.2, 0.25) is 0 Å². The average molecular weight is 292 g/mol. The van der Waals surface area contributed by atoms with Crippen molar-refractivity contribution in [1.29, 1.82) is 0 Å². The van der Waals surface area contributed by atoms with Gasteiger partial charge in [-0.25, -0.2) is 13.6 Å². The number of alkyl halides is 2. The van der Waals surface area contributed by atoms with E-state index in [-0.39, 0.29) is 12.5 Å². The highest BCUT2D eigenvalue weighted by atomic mass is 19.3. The minimum Gasteiger partial charge on any atom is -0.444 e. The van der Waals surface area contributed by atoms with Gasteiger partial charge in [-0.05, 0) is 52.5 Å². The topological polar surface area (TPSA) is 55.6 Å². The second-order valence-corrected chi connectivity index (χ2v) is 6.40. The Morgan fingerprint density at radius 1 is 1.45 bits per heavy atom. The van der Waals surface area contributed by atoms with E-state index in [1.165, 1.54) is 0 Å². The summed E-state index contributed by atoms with van der Waals surface area (Å²) in [6.07, 6.45) is -1.05. The highest BCUT2D eigenvalue weighted by molar-refractivity contribution is 5.68. The third-order valence-corrected chi connectivity index (χ3v) is 3.54. The molecule has 1 aliphatic rings. The van der Waals surface area contributed by atoms with Crippen LogP contribution in [-0.4, -0.2) is 42.7 Å². The summed E-state index contributed by atoms with van der Waals surface area (Å²) >= 11 is 0. The molecule has 0 aromatic heterocycles. The number of nitrogens with zero attached hydrogens (tertiary/aromatic N) is 1. The zero-order valence-corrected chi connectivity index (χ0v) is 12.6. The number of likely N-dealkylation sites (tertiary alicyclic amines) is 1. The molecule has 0 saturated carbocycles. The number of rotatable bonds is 4. The van der Waals surface area contributed by atoms with Gasteiger partial charge in [0.05, 0.1) is 0 Å². The van der Waals surface area contributed by atoms with Crippen molar-refractivity contribution >= 4 is 6.09 Å². The fourth-order valence-corrected chi connectivity index (χ4v) is 2.61. The molecule has 1 rings (SSSR count). The number of halogens is 2. The summed E-state index contributed by atoms with van der Waals surface area (Å²) in [4.78, 5) is 13.5. The van der Waals surface area contributed by atoms with E-state index in [0.29, 0.717) is 25.9 Å². The second kappa shape index (κ2) is 7.20. The number of nitrogens with two attached hydrogens (primary N) is 1. The summed E-state index contributed by atoms with van der Waals surface area (Å²) in [6.45, 7) is 6.54. The van der Waals surface area contributed by atoms with Gasteiger partial charge in [-0.2, -0.15) is 0 Å². The molecule has 2 atom stereocenters. The van der Waals surface area contributed by atoms with Crippen molar-refractivity contribution in [3.05, 3.63) is 0 Å². The van der Waals surface area contributed by atoms with Crippen molar-refractivity contribution < 1.29 is 18.3 Å². The molecule has 1 heterocycles. The number of hydrogen-bond donors (Lipinski definition) is 1. The van der Waals surface area contributed by atoms with Crippen molar-refractivity contribution in [2.45, 2.75) is 52.1 Å². The van der Waals surface area contributed by atoms with Gasteiger partial charge in [0, 0.05) is 19.0 Å². The van der Waals surface area contributed by atoms with Gasteiger partial charge in [-0.15, -0.1) is 0 Å². The summed E-state index contributed by atoms with van der Waals surface area (Å²) < 4.78 is 31.5. The standard InChI is InChI=1S/C14H26F2N2O2/c1-14(2,3)20-13(19)18-8-4-5-10(9-18)11(6-7-17)12(15)16/h10-12H,4-9,17H2,1-3H3. The molecule has 118 valence electrons. The molecular formula is C14H26F2N2O2. The van der Waals surface area contributed by atoms with Crippen LogP contribution in [0.25, 0.3) is 0 Å². The van der Waals surface area contributed by atoms with E-state index >= 15 is 0 Å². The van der Waals surface area contributed by atoms with Crippen LogP contribution in [0.1, 0.15) is 40.0 Å². The number of hydrogen-bond acceptors (Lipinski definition) is 3. The van der Waals surface area contributed by atoms with E-state index in [4.69, 9.17) is 10.5 Å². The molecule has 1 amide bonds. The third kappa shape index (κ3) is 5.23. The maximum absolute atomic E-state index is 13.1. The Morgan fingerprint density at radius 2 is 2.10 bits per heavy atom. The molecule has 6 heteroatoms. The summed E-state index contributed by atoms with van der Waals surface area (Å²) in [6, 6.07) is 0. The fraction of sp³-hybridized carbons (Fsp3) is 0.929. The van der Waals surface area contributed by atoms with Crippen LogP contribution in [0.3, 0.4) is 0 Å². The summed E-state index contributed by atoms with van der Waals surface area (Å²) in [7, 11) is 0. The summed E-state index contributed by atoms with van der Waals surface area (Å²) in [5.74, 6) is -0.926. The quantitative estimate of drug-likeness (QED) is 0.867. The van der Waals surface area contributed by atoms with Gasteiger partial charge in [0.25, 0.3) is 0 Å². The molecule has 0 spiro atoms. The highest BCUT2D eigenvalue weighted by Gasteiger charge is 2.35. The zero-order chi connectivity index (χ0) is 15.3. The van der Waals surface area contributed by atoms with Crippen molar-refractivity contribution in [3.63, 3.8) is 0 Å². The van der Waals surface area contributed by atoms with Crippen LogP contribution in [0.5, 0.6) is 0 Å². The zero-order valence-electron chi connectivity index (χ0n) is 12.6. The first-order valence-corrected chi connectivity index (χ1v) is 7.20. The Balaban J connectivity index is 2.63. The first kappa shape index (κ1) is 17.1. The van der Waals surface area contributed by atoms with Crippen LogP contribution >= 0.6 is 0 Å². The van der Waals surface area contributed by atoms with Crippen molar-refractivity contribution in [1.82, 2.24) is 4.90 Å². The molecule has 20 heavy (non-hydrogen) atoms. The SMILES string of the molecule is CC(C)(C)OC(=O)N1CCCC(C(CCN)C(F)F)C1. The van der Waals surface area contributed by atoms with E-state index in [9.17, 15) is 13.6 Å². The lowest BCUT2D eigenvalue weighted by Crippen LogP contribution is -2.45. The Morgan fingerprint density at radius 3 is 2.60 bits per heavy atom. The minimum absolute atomic E-state index is 0.195. The Hall–Kier alpha value is -0.910. The van der Waals surface area contributed by atoms with Crippen LogP contribution in [0.4, 0.5) is 13.6 Å². The molecular weight excluding hydrogens is 266 g/mol. The van der Waals surface area contributed by atoms with Crippen LogP contribution in [0.15, 0.2) is 0 Å². The monoisotopic (exact) mass is 292 g/mol. The predicted octanol–water partition coefficient (Wildman–Crippen LogP) is 2.86. The van der Waals surface area contributed by atoms with Crippen LogP contribution < -0.4 is 5.73 Å². The highest BCUT2D eigenvalue weighted by Crippen LogP contribution is 2.31. The number of carbonyl (C=O) groups excluding carboxylic acids is 1. The first-order chi connectivity index (χ1) is 9.24. The number of amides is 1. The lowest BCUT2D eigenvalue weighted by atomic mass is 9.83. The normalized spacial score (nSPS) is 21.9. The Bertz CT molecular complexity index is 319. The molecule has 0 aromatic carbocycles. The smallest absolute Gasteiger partial charge is 0.410 e. The van der Waals surface area contributed by atoms with Crippen LogP contribution in [0, 0.1) is 11.8 Å². The number of piperidine rings is 1. The van der Waals surface area contributed by atoms with Crippen LogP contribution in [-0.2, 0) is 4.74 Å². The molecule has 4 nitrogen and oxygen atoms in total. The molecule has 0 aromatic rings. The van der Waals surface area contributed by atoms with Gasteiger partial charge in [-0.3, -0.25) is 0 Å².